The zero-order chi connectivity index (χ0) is 17.0. The molecule has 23 heavy (non-hydrogen) atoms. The molecule has 2 heterocycles. The van der Waals surface area contributed by atoms with Gasteiger partial charge in [0.15, 0.2) is 0 Å². The standard InChI is InChI=1S/C19H34N2O2/c1-6-20(7-2)12-11-15-13-16-9-8-10-17(14-15)21(16)18(22)23-19(3,4)5/h13,16-17H,6-12,14H2,1-5H3. The summed E-state index contributed by atoms with van der Waals surface area (Å²) in [5, 5.41) is 0. The highest BCUT2D eigenvalue weighted by Crippen LogP contribution is 2.35. The van der Waals surface area contributed by atoms with Gasteiger partial charge in [0.25, 0.3) is 0 Å². The van der Waals surface area contributed by atoms with Crippen LogP contribution in [-0.2, 0) is 4.74 Å². The number of carbonyl (C=O) groups is 1. The molecule has 0 aromatic carbocycles. The predicted molar refractivity (Wildman–Crippen MR) is 94.6 cm³/mol. The average Bonchev–Trinajstić information content (AvgIpc) is 2.45. The minimum Gasteiger partial charge on any atom is -0.444 e. The molecule has 1 amide bonds. The summed E-state index contributed by atoms with van der Waals surface area (Å²) in [5.41, 5.74) is 1.12. The number of piperidine rings is 1. The van der Waals surface area contributed by atoms with Crippen molar-refractivity contribution < 1.29 is 9.53 Å². The Hall–Kier alpha value is -1.03. The van der Waals surface area contributed by atoms with Crippen molar-refractivity contribution >= 4 is 6.09 Å². The van der Waals surface area contributed by atoms with Crippen LogP contribution in [0, 0.1) is 0 Å². The Morgan fingerprint density at radius 1 is 1.30 bits per heavy atom. The summed E-state index contributed by atoms with van der Waals surface area (Å²) in [4.78, 5) is 17.0. The Morgan fingerprint density at radius 3 is 2.57 bits per heavy atom. The zero-order valence-corrected chi connectivity index (χ0v) is 15.6. The Morgan fingerprint density at radius 2 is 2.00 bits per heavy atom. The number of hydrogen-bond donors (Lipinski definition) is 0. The van der Waals surface area contributed by atoms with Gasteiger partial charge in [0.1, 0.15) is 5.60 Å². The molecule has 0 aliphatic carbocycles. The first kappa shape index (κ1) is 18.3. The number of carbonyl (C=O) groups excluding carboxylic acids is 1. The molecule has 4 heteroatoms. The van der Waals surface area contributed by atoms with E-state index in [1.807, 2.05) is 25.7 Å². The molecule has 0 radical (unpaired) electrons. The van der Waals surface area contributed by atoms with Gasteiger partial charge in [-0.15, -0.1) is 0 Å². The first-order valence-corrected chi connectivity index (χ1v) is 9.27. The number of rotatable bonds is 5. The third-order valence-corrected chi connectivity index (χ3v) is 4.96. The molecule has 2 atom stereocenters. The fourth-order valence-corrected chi connectivity index (χ4v) is 3.74. The SMILES string of the molecule is CCN(CC)CCC1=CC2CCCC(C1)N2C(=O)OC(C)(C)C. The summed E-state index contributed by atoms with van der Waals surface area (Å²) in [6.07, 6.45) is 7.78. The Labute approximate surface area is 141 Å². The van der Waals surface area contributed by atoms with Crippen LogP contribution in [0.4, 0.5) is 4.79 Å². The number of nitrogens with zero attached hydrogens (tertiary/aromatic N) is 2. The quantitative estimate of drug-likeness (QED) is 0.711. The summed E-state index contributed by atoms with van der Waals surface area (Å²) in [7, 11) is 0. The summed E-state index contributed by atoms with van der Waals surface area (Å²) < 4.78 is 5.63. The smallest absolute Gasteiger partial charge is 0.411 e. The molecule has 4 nitrogen and oxygen atoms in total. The molecule has 0 aromatic heterocycles. The van der Waals surface area contributed by atoms with E-state index in [1.54, 1.807) is 0 Å². The molecule has 132 valence electrons. The number of fused-ring (bicyclic) bond motifs is 2. The van der Waals surface area contributed by atoms with Crippen LogP contribution in [0.3, 0.4) is 0 Å². The molecule has 1 fully saturated rings. The topological polar surface area (TPSA) is 32.8 Å². The van der Waals surface area contributed by atoms with E-state index in [0.29, 0.717) is 6.04 Å². The average molecular weight is 322 g/mol. The van der Waals surface area contributed by atoms with Crippen LogP contribution in [0.1, 0.15) is 66.7 Å². The van der Waals surface area contributed by atoms with Gasteiger partial charge in [-0.3, -0.25) is 4.90 Å². The van der Waals surface area contributed by atoms with Gasteiger partial charge in [-0.05, 0) is 66.0 Å². The third kappa shape index (κ3) is 4.97. The van der Waals surface area contributed by atoms with Crippen molar-refractivity contribution in [1.82, 2.24) is 9.80 Å². The van der Waals surface area contributed by atoms with Crippen molar-refractivity contribution in [2.24, 2.45) is 0 Å². The van der Waals surface area contributed by atoms with E-state index in [1.165, 1.54) is 12.0 Å². The van der Waals surface area contributed by atoms with E-state index in [2.05, 4.69) is 24.8 Å². The van der Waals surface area contributed by atoms with Gasteiger partial charge >= 0.3 is 6.09 Å². The van der Waals surface area contributed by atoms with E-state index in [0.717, 1.165) is 45.3 Å². The maximum atomic E-state index is 12.6. The Bertz CT molecular complexity index is 435. The van der Waals surface area contributed by atoms with E-state index < -0.39 is 5.60 Å². The highest BCUT2D eigenvalue weighted by atomic mass is 16.6. The lowest BCUT2D eigenvalue weighted by Crippen LogP contribution is -2.53. The zero-order valence-electron chi connectivity index (χ0n) is 15.6. The summed E-state index contributed by atoms with van der Waals surface area (Å²) in [5.74, 6) is 0. The number of amides is 1. The van der Waals surface area contributed by atoms with Gasteiger partial charge in [0, 0.05) is 12.6 Å². The fraction of sp³-hybridized carbons (Fsp3) is 0.842. The number of hydrogen-bond acceptors (Lipinski definition) is 3. The molecule has 2 aliphatic heterocycles. The van der Waals surface area contributed by atoms with Crippen LogP contribution in [0.15, 0.2) is 11.6 Å². The number of ether oxygens (including phenoxy) is 1. The highest BCUT2D eigenvalue weighted by molar-refractivity contribution is 5.70. The van der Waals surface area contributed by atoms with Gasteiger partial charge in [-0.1, -0.05) is 25.5 Å². The van der Waals surface area contributed by atoms with E-state index in [9.17, 15) is 4.79 Å². The second-order valence-corrected chi connectivity index (χ2v) is 7.85. The Balaban J connectivity index is 2.02. The van der Waals surface area contributed by atoms with Crippen molar-refractivity contribution in [1.29, 1.82) is 0 Å². The molecule has 0 saturated carbocycles. The third-order valence-electron chi connectivity index (χ3n) is 4.96. The predicted octanol–water partition coefficient (Wildman–Crippen LogP) is 4.21. The van der Waals surface area contributed by atoms with Gasteiger partial charge in [-0.25, -0.2) is 4.79 Å². The van der Waals surface area contributed by atoms with Gasteiger partial charge in [0.2, 0.25) is 0 Å². The van der Waals surface area contributed by atoms with Crippen molar-refractivity contribution in [3.05, 3.63) is 11.6 Å². The summed E-state index contributed by atoms with van der Waals surface area (Å²) in [6.45, 7) is 13.6. The molecule has 2 unspecified atom stereocenters. The van der Waals surface area contributed by atoms with Gasteiger partial charge in [-0.2, -0.15) is 0 Å². The highest BCUT2D eigenvalue weighted by Gasteiger charge is 2.38. The lowest BCUT2D eigenvalue weighted by molar-refractivity contribution is -0.00163. The lowest BCUT2D eigenvalue weighted by Gasteiger charge is -2.45. The molecule has 2 rings (SSSR count). The molecule has 0 aromatic rings. The Kier molecular flexibility index (Phi) is 6.12. The largest absolute Gasteiger partial charge is 0.444 e. The normalized spacial score (nSPS) is 24.6. The molecule has 2 aliphatic rings. The van der Waals surface area contributed by atoms with E-state index in [4.69, 9.17) is 4.74 Å². The van der Waals surface area contributed by atoms with Crippen LogP contribution in [0.25, 0.3) is 0 Å². The second-order valence-electron chi connectivity index (χ2n) is 7.85. The monoisotopic (exact) mass is 322 g/mol. The van der Waals surface area contributed by atoms with Gasteiger partial charge < -0.3 is 9.64 Å². The molecular formula is C19H34N2O2. The summed E-state index contributed by atoms with van der Waals surface area (Å²) >= 11 is 0. The summed E-state index contributed by atoms with van der Waals surface area (Å²) in [6, 6.07) is 0.573. The van der Waals surface area contributed by atoms with Gasteiger partial charge in [0.05, 0.1) is 6.04 Å². The van der Waals surface area contributed by atoms with Crippen molar-refractivity contribution in [3.63, 3.8) is 0 Å². The van der Waals surface area contributed by atoms with Crippen molar-refractivity contribution in [2.45, 2.75) is 84.4 Å². The minimum atomic E-state index is -0.419. The maximum Gasteiger partial charge on any atom is 0.411 e. The maximum absolute atomic E-state index is 12.6. The minimum absolute atomic E-state index is 0.133. The van der Waals surface area contributed by atoms with Crippen LogP contribution < -0.4 is 0 Å². The van der Waals surface area contributed by atoms with Crippen LogP contribution in [-0.4, -0.2) is 53.2 Å². The van der Waals surface area contributed by atoms with Crippen LogP contribution >= 0.6 is 0 Å². The second kappa shape index (κ2) is 7.69. The van der Waals surface area contributed by atoms with E-state index >= 15 is 0 Å². The fourth-order valence-electron chi connectivity index (χ4n) is 3.74. The van der Waals surface area contributed by atoms with Crippen molar-refractivity contribution in [3.8, 4) is 0 Å². The lowest BCUT2D eigenvalue weighted by atomic mass is 9.84. The molecular weight excluding hydrogens is 288 g/mol. The molecule has 1 saturated heterocycles. The molecule has 0 N–H and O–H groups in total. The van der Waals surface area contributed by atoms with Crippen LogP contribution in [0.5, 0.6) is 0 Å². The molecule has 2 bridgehead atoms. The first-order chi connectivity index (χ1) is 10.8. The first-order valence-electron chi connectivity index (χ1n) is 9.27. The van der Waals surface area contributed by atoms with E-state index in [-0.39, 0.29) is 12.1 Å². The molecule has 0 spiro atoms. The van der Waals surface area contributed by atoms with Crippen molar-refractivity contribution in [2.75, 3.05) is 19.6 Å². The van der Waals surface area contributed by atoms with Crippen LogP contribution in [0.2, 0.25) is 0 Å².